The molecule has 110 valence electrons. The molecule has 2 aromatic heterocycles. The molecule has 0 aliphatic rings. The quantitative estimate of drug-likeness (QED) is 0.731. The highest BCUT2D eigenvalue weighted by atomic mass is 15.0. The molecule has 0 amide bonds. The standard InChI is InChI=1S/C15H20N6/c1-15(2,3)10-4-9(6-19-8-10)7-20-12-5-11(16)13(17)21-14(12)18/h4-8H,16H2,1-3H3,(H4,17,18,21)/b20-7+. The molecule has 6 heteroatoms. The zero-order valence-corrected chi connectivity index (χ0v) is 12.5. The van der Waals surface area contributed by atoms with E-state index in [1.165, 1.54) is 0 Å². The summed E-state index contributed by atoms with van der Waals surface area (Å²) in [6.45, 7) is 6.40. The van der Waals surface area contributed by atoms with Crippen molar-refractivity contribution in [1.29, 1.82) is 0 Å². The third-order valence-corrected chi connectivity index (χ3v) is 3.07. The lowest BCUT2D eigenvalue weighted by atomic mass is 9.88. The van der Waals surface area contributed by atoms with Crippen molar-refractivity contribution in [3.63, 3.8) is 0 Å². The van der Waals surface area contributed by atoms with Gasteiger partial charge in [0.1, 0.15) is 11.5 Å². The number of pyridine rings is 2. The molecular formula is C15H20N6. The van der Waals surface area contributed by atoms with Gasteiger partial charge in [-0.15, -0.1) is 0 Å². The summed E-state index contributed by atoms with van der Waals surface area (Å²) >= 11 is 0. The molecule has 0 aliphatic carbocycles. The Morgan fingerprint density at radius 1 is 1.05 bits per heavy atom. The fourth-order valence-electron chi connectivity index (χ4n) is 1.73. The first-order valence-electron chi connectivity index (χ1n) is 6.58. The first kappa shape index (κ1) is 14.8. The first-order chi connectivity index (χ1) is 9.77. The molecule has 0 radical (unpaired) electrons. The normalized spacial score (nSPS) is 12.0. The molecule has 6 N–H and O–H groups in total. The van der Waals surface area contributed by atoms with E-state index in [0.717, 1.165) is 11.1 Å². The van der Waals surface area contributed by atoms with Crippen LogP contribution in [0.2, 0.25) is 0 Å². The lowest BCUT2D eigenvalue weighted by Gasteiger charge is -2.18. The third kappa shape index (κ3) is 3.47. The van der Waals surface area contributed by atoms with Crippen molar-refractivity contribution >= 4 is 29.2 Å². The third-order valence-electron chi connectivity index (χ3n) is 3.07. The topological polar surface area (TPSA) is 116 Å². The SMILES string of the molecule is CC(C)(C)c1cncc(/C=N/c2cc(N)c(N)nc2N)c1. The van der Waals surface area contributed by atoms with Gasteiger partial charge >= 0.3 is 0 Å². The van der Waals surface area contributed by atoms with Crippen molar-refractivity contribution in [1.82, 2.24) is 9.97 Å². The van der Waals surface area contributed by atoms with Crippen molar-refractivity contribution in [2.45, 2.75) is 26.2 Å². The van der Waals surface area contributed by atoms with E-state index in [2.05, 4.69) is 35.7 Å². The van der Waals surface area contributed by atoms with Gasteiger partial charge in [0.15, 0.2) is 5.82 Å². The van der Waals surface area contributed by atoms with E-state index in [0.29, 0.717) is 11.4 Å². The summed E-state index contributed by atoms with van der Waals surface area (Å²) in [7, 11) is 0. The van der Waals surface area contributed by atoms with Crippen LogP contribution in [-0.2, 0) is 5.41 Å². The maximum Gasteiger partial charge on any atom is 0.151 e. The molecule has 21 heavy (non-hydrogen) atoms. The maximum atomic E-state index is 5.78. The van der Waals surface area contributed by atoms with Crippen molar-refractivity contribution in [3.8, 4) is 0 Å². The smallest absolute Gasteiger partial charge is 0.151 e. The van der Waals surface area contributed by atoms with Crippen LogP contribution in [0.3, 0.4) is 0 Å². The van der Waals surface area contributed by atoms with Crippen LogP contribution in [0, 0.1) is 0 Å². The summed E-state index contributed by atoms with van der Waals surface area (Å²) in [5.74, 6) is 0.459. The second-order valence-corrected chi connectivity index (χ2v) is 5.88. The zero-order chi connectivity index (χ0) is 15.6. The number of nitrogen functional groups attached to an aromatic ring is 3. The van der Waals surface area contributed by atoms with Gasteiger partial charge in [0, 0.05) is 24.2 Å². The minimum atomic E-state index is 0.0308. The molecule has 0 bridgehead atoms. The van der Waals surface area contributed by atoms with E-state index in [4.69, 9.17) is 17.2 Å². The van der Waals surface area contributed by atoms with Gasteiger partial charge in [-0.25, -0.2) is 4.98 Å². The highest BCUT2D eigenvalue weighted by Gasteiger charge is 2.13. The lowest BCUT2D eigenvalue weighted by molar-refractivity contribution is 0.587. The van der Waals surface area contributed by atoms with Crippen LogP contribution < -0.4 is 17.2 Å². The van der Waals surface area contributed by atoms with Crippen molar-refractivity contribution < 1.29 is 0 Å². The number of nitrogens with two attached hydrogens (primary N) is 3. The van der Waals surface area contributed by atoms with Gasteiger partial charge in [-0.05, 0) is 23.1 Å². The van der Waals surface area contributed by atoms with Crippen LogP contribution in [0.5, 0.6) is 0 Å². The Balaban J connectivity index is 2.32. The predicted molar refractivity (Wildman–Crippen MR) is 87.7 cm³/mol. The highest BCUT2D eigenvalue weighted by molar-refractivity contribution is 5.84. The summed E-state index contributed by atoms with van der Waals surface area (Å²) < 4.78 is 0. The molecule has 0 fully saturated rings. The average molecular weight is 284 g/mol. The van der Waals surface area contributed by atoms with Crippen LogP contribution in [-0.4, -0.2) is 16.2 Å². The molecule has 0 atom stereocenters. The monoisotopic (exact) mass is 284 g/mol. The van der Waals surface area contributed by atoms with E-state index in [1.807, 2.05) is 12.3 Å². The number of aliphatic imine (C=N–C) groups is 1. The number of aromatic nitrogens is 2. The summed E-state index contributed by atoms with van der Waals surface area (Å²) in [5, 5.41) is 0. The highest BCUT2D eigenvalue weighted by Crippen LogP contribution is 2.26. The van der Waals surface area contributed by atoms with Crippen LogP contribution in [0.25, 0.3) is 0 Å². The maximum absolute atomic E-state index is 5.78. The zero-order valence-electron chi connectivity index (χ0n) is 12.5. The van der Waals surface area contributed by atoms with Crippen LogP contribution >= 0.6 is 0 Å². The molecule has 2 aromatic rings. The summed E-state index contributed by atoms with van der Waals surface area (Å²) in [6, 6.07) is 3.65. The Morgan fingerprint density at radius 2 is 1.76 bits per heavy atom. The average Bonchev–Trinajstić information content (AvgIpc) is 2.41. The molecular weight excluding hydrogens is 264 g/mol. The Labute approximate surface area is 124 Å². The van der Waals surface area contributed by atoms with Crippen LogP contribution in [0.1, 0.15) is 31.9 Å². The van der Waals surface area contributed by atoms with Crippen molar-refractivity contribution in [3.05, 3.63) is 35.7 Å². The minimum Gasteiger partial charge on any atom is -0.396 e. The summed E-state index contributed by atoms with van der Waals surface area (Å²) in [4.78, 5) is 12.5. The van der Waals surface area contributed by atoms with Gasteiger partial charge in [-0.3, -0.25) is 9.98 Å². The molecule has 0 saturated heterocycles. The molecule has 2 rings (SSSR count). The second-order valence-electron chi connectivity index (χ2n) is 5.88. The van der Waals surface area contributed by atoms with E-state index in [-0.39, 0.29) is 17.1 Å². The Bertz CT molecular complexity index is 685. The second kappa shape index (κ2) is 5.40. The predicted octanol–water partition coefficient (Wildman–Crippen LogP) is 2.27. The van der Waals surface area contributed by atoms with Crippen molar-refractivity contribution in [2.24, 2.45) is 4.99 Å². The number of rotatable bonds is 2. The van der Waals surface area contributed by atoms with Gasteiger partial charge in [-0.1, -0.05) is 20.8 Å². The first-order valence-corrected chi connectivity index (χ1v) is 6.58. The molecule has 0 spiro atoms. The van der Waals surface area contributed by atoms with Crippen LogP contribution in [0.4, 0.5) is 23.0 Å². The van der Waals surface area contributed by atoms with Gasteiger partial charge in [-0.2, -0.15) is 0 Å². The molecule has 6 nitrogen and oxygen atoms in total. The lowest BCUT2D eigenvalue weighted by Crippen LogP contribution is -2.11. The fourth-order valence-corrected chi connectivity index (χ4v) is 1.73. The molecule has 2 heterocycles. The van der Waals surface area contributed by atoms with E-state index < -0.39 is 0 Å². The van der Waals surface area contributed by atoms with Crippen molar-refractivity contribution in [2.75, 3.05) is 17.2 Å². The molecule has 0 unspecified atom stereocenters. The Hall–Kier alpha value is -2.63. The molecule has 0 aromatic carbocycles. The largest absolute Gasteiger partial charge is 0.396 e. The number of anilines is 3. The van der Waals surface area contributed by atoms with Gasteiger partial charge in [0.2, 0.25) is 0 Å². The summed E-state index contributed by atoms with van der Waals surface area (Å²) in [5.41, 5.74) is 20.0. The van der Waals surface area contributed by atoms with E-state index in [1.54, 1.807) is 18.5 Å². The summed E-state index contributed by atoms with van der Waals surface area (Å²) in [6.07, 6.45) is 5.28. The number of nitrogens with zero attached hydrogens (tertiary/aromatic N) is 3. The Morgan fingerprint density at radius 3 is 2.43 bits per heavy atom. The van der Waals surface area contributed by atoms with Gasteiger partial charge in [0.25, 0.3) is 0 Å². The molecule has 0 aliphatic heterocycles. The number of hydrogen-bond acceptors (Lipinski definition) is 6. The Kier molecular flexibility index (Phi) is 3.80. The fraction of sp³-hybridized carbons (Fsp3) is 0.267. The van der Waals surface area contributed by atoms with Gasteiger partial charge in [0.05, 0.1) is 5.69 Å². The van der Waals surface area contributed by atoms with E-state index in [9.17, 15) is 0 Å². The van der Waals surface area contributed by atoms with E-state index >= 15 is 0 Å². The molecule has 0 saturated carbocycles. The number of hydrogen-bond donors (Lipinski definition) is 3. The van der Waals surface area contributed by atoms with Gasteiger partial charge < -0.3 is 17.2 Å². The van der Waals surface area contributed by atoms with Crippen LogP contribution in [0.15, 0.2) is 29.5 Å². The minimum absolute atomic E-state index is 0.0308.